The zero-order chi connectivity index (χ0) is 24.9. The van der Waals surface area contributed by atoms with Gasteiger partial charge in [-0.25, -0.2) is 0 Å². The second kappa shape index (κ2) is 10.8. The van der Waals surface area contributed by atoms with E-state index in [4.69, 9.17) is 4.74 Å². The molecule has 0 radical (unpaired) electrons. The van der Waals surface area contributed by atoms with E-state index in [9.17, 15) is 9.90 Å². The maximum absolute atomic E-state index is 12.6. The van der Waals surface area contributed by atoms with Crippen LogP contribution in [0.1, 0.15) is 30.1 Å². The first-order valence-electron chi connectivity index (χ1n) is 12.3. The third-order valence-corrected chi connectivity index (χ3v) is 6.80. The van der Waals surface area contributed by atoms with Gasteiger partial charge in [0.15, 0.2) is 0 Å². The molecule has 7 nitrogen and oxygen atoms in total. The van der Waals surface area contributed by atoms with E-state index in [0.717, 1.165) is 64.6 Å². The van der Waals surface area contributed by atoms with Gasteiger partial charge in [0.25, 0.3) is 0 Å². The summed E-state index contributed by atoms with van der Waals surface area (Å²) in [5.41, 5.74) is 3.57. The van der Waals surface area contributed by atoms with Crippen LogP contribution in [-0.4, -0.2) is 58.7 Å². The second-order valence-electron chi connectivity index (χ2n) is 9.13. The number of aliphatic hydroxyl groups is 1. The summed E-state index contributed by atoms with van der Waals surface area (Å²) in [4.78, 5) is 23.6. The fourth-order valence-electron chi connectivity index (χ4n) is 4.85. The highest BCUT2D eigenvalue weighted by molar-refractivity contribution is 5.95. The summed E-state index contributed by atoms with van der Waals surface area (Å²) in [5.74, 6) is 0.651. The molecule has 1 saturated heterocycles. The number of nitrogens with one attached hydrogen (secondary N) is 1. The van der Waals surface area contributed by atoms with Crippen LogP contribution >= 0.6 is 0 Å². The van der Waals surface area contributed by atoms with E-state index in [0.29, 0.717) is 6.54 Å². The lowest BCUT2D eigenvalue weighted by atomic mass is 10.0. The number of aliphatic hydroxyl groups excluding tert-OH is 1. The quantitative estimate of drug-likeness (QED) is 0.386. The number of carbonyl (C=O) groups excluding carboxylic acids is 1. The molecule has 0 spiro atoms. The predicted octanol–water partition coefficient (Wildman–Crippen LogP) is 4.12. The van der Waals surface area contributed by atoms with Gasteiger partial charge in [-0.15, -0.1) is 0 Å². The number of pyridine rings is 2. The number of β-amino-alcohol motifs (C(OH)–C–C–N with tert-alkyl or cyclic N) is 1. The average molecular weight is 483 g/mol. The van der Waals surface area contributed by atoms with E-state index in [-0.39, 0.29) is 11.9 Å². The van der Waals surface area contributed by atoms with Crippen LogP contribution in [-0.2, 0) is 4.79 Å². The maximum atomic E-state index is 12.6. The van der Waals surface area contributed by atoms with Crippen molar-refractivity contribution in [2.75, 3.05) is 26.7 Å². The van der Waals surface area contributed by atoms with Crippen LogP contribution in [0.4, 0.5) is 0 Å². The Hall–Kier alpha value is -3.81. The minimum Gasteiger partial charge on any atom is -0.497 e. The van der Waals surface area contributed by atoms with Gasteiger partial charge < -0.3 is 20.1 Å². The molecule has 1 aliphatic heterocycles. The minimum absolute atomic E-state index is 0.0911. The summed E-state index contributed by atoms with van der Waals surface area (Å²) in [6, 6.07) is 17.5. The Morgan fingerprint density at radius 2 is 1.83 bits per heavy atom. The molecule has 184 valence electrons. The first kappa shape index (κ1) is 23.9. The molecule has 1 atom stereocenters. The fraction of sp³-hybridized carbons (Fsp3) is 0.276. The molecule has 2 N–H and O–H groups in total. The van der Waals surface area contributed by atoms with Gasteiger partial charge in [-0.1, -0.05) is 18.2 Å². The zero-order valence-corrected chi connectivity index (χ0v) is 20.3. The Bertz CT molecular complexity index is 1390. The first-order chi connectivity index (χ1) is 17.6. The molecule has 0 unspecified atom stereocenters. The van der Waals surface area contributed by atoms with Gasteiger partial charge in [-0.3, -0.25) is 14.8 Å². The van der Waals surface area contributed by atoms with Crippen molar-refractivity contribution in [3.63, 3.8) is 0 Å². The first-order valence-corrected chi connectivity index (χ1v) is 12.3. The SMILES string of the molecule is COc1ccc2nccc([C@@H](O)CN3CCC(NC(=O)/C=C/c4ccnc5ccccc45)CC3)c2c1. The van der Waals surface area contributed by atoms with Gasteiger partial charge in [0, 0.05) is 54.9 Å². The number of aromatic nitrogens is 2. The summed E-state index contributed by atoms with van der Waals surface area (Å²) in [7, 11) is 1.63. The number of ether oxygens (including phenoxy) is 1. The summed E-state index contributed by atoms with van der Waals surface area (Å²) < 4.78 is 5.35. The van der Waals surface area contributed by atoms with Crippen LogP contribution < -0.4 is 10.1 Å². The van der Waals surface area contributed by atoms with Crippen molar-refractivity contribution < 1.29 is 14.6 Å². The molecule has 3 heterocycles. The van der Waals surface area contributed by atoms with E-state index in [1.165, 1.54) is 0 Å². The number of para-hydroxylation sites is 1. The number of rotatable bonds is 7. The second-order valence-corrected chi connectivity index (χ2v) is 9.13. The molecule has 2 aromatic heterocycles. The monoisotopic (exact) mass is 482 g/mol. The van der Waals surface area contributed by atoms with Crippen molar-refractivity contribution in [2.45, 2.75) is 25.0 Å². The number of likely N-dealkylation sites (tertiary alicyclic amines) is 1. The van der Waals surface area contributed by atoms with Crippen molar-refractivity contribution in [3.05, 3.63) is 84.2 Å². The van der Waals surface area contributed by atoms with Crippen LogP contribution in [0.5, 0.6) is 5.75 Å². The number of benzene rings is 2. The van der Waals surface area contributed by atoms with Crippen LogP contribution in [0.25, 0.3) is 27.9 Å². The number of hydrogen-bond donors (Lipinski definition) is 2. The van der Waals surface area contributed by atoms with E-state index >= 15 is 0 Å². The topological polar surface area (TPSA) is 87.6 Å². The predicted molar refractivity (Wildman–Crippen MR) is 142 cm³/mol. The summed E-state index contributed by atoms with van der Waals surface area (Å²) in [6.07, 6.45) is 7.99. The average Bonchev–Trinajstić information content (AvgIpc) is 2.92. The standard InChI is InChI=1S/C29H30N4O3/c1-36-22-7-8-27-25(18-22)24(11-15-31-27)28(34)19-33-16-12-21(13-17-33)32-29(35)9-6-20-10-14-30-26-5-3-2-4-23(20)26/h2-11,14-15,18,21,28,34H,12-13,16-17,19H2,1H3,(H,32,35)/b9-6+/t28-/m0/s1. The molecule has 1 fully saturated rings. The molecule has 0 aliphatic carbocycles. The van der Waals surface area contributed by atoms with E-state index < -0.39 is 6.10 Å². The molecule has 1 aliphatic rings. The lowest BCUT2D eigenvalue weighted by Crippen LogP contribution is -2.45. The number of piperidine rings is 1. The lowest BCUT2D eigenvalue weighted by Gasteiger charge is -2.33. The largest absolute Gasteiger partial charge is 0.497 e. The Morgan fingerprint density at radius 3 is 2.64 bits per heavy atom. The van der Waals surface area contributed by atoms with Crippen LogP contribution in [0.3, 0.4) is 0 Å². The fourth-order valence-corrected chi connectivity index (χ4v) is 4.85. The molecule has 7 heteroatoms. The molecule has 4 aromatic rings. The maximum Gasteiger partial charge on any atom is 0.244 e. The number of nitrogens with zero attached hydrogens (tertiary/aromatic N) is 3. The number of carbonyl (C=O) groups is 1. The molecule has 36 heavy (non-hydrogen) atoms. The van der Waals surface area contributed by atoms with Crippen LogP contribution in [0.2, 0.25) is 0 Å². The molecular formula is C29H30N4O3. The molecule has 5 rings (SSSR count). The van der Waals surface area contributed by atoms with Gasteiger partial charge in [-0.05, 0) is 66.4 Å². The molecule has 1 amide bonds. The lowest BCUT2D eigenvalue weighted by molar-refractivity contribution is -0.117. The van der Waals surface area contributed by atoms with Crippen molar-refractivity contribution >= 4 is 33.8 Å². The Kier molecular flexibility index (Phi) is 7.21. The summed E-state index contributed by atoms with van der Waals surface area (Å²) >= 11 is 0. The third-order valence-electron chi connectivity index (χ3n) is 6.80. The summed E-state index contributed by atoms with van der Waals surface area (Å²) in [5, 5.41) is 16.1. The highest BCUT2D eigenvalue weighted by atomic mass is 16.5. The van der Waals surface area contributed by atoms with Crippen molar-refractivity contribution in [1.29, 1.82) is 0 Å². The van der Waals surface area contributed by atoms with Gasteiger partial charge in [-0.2, -0.15) is 0 Å². The normalized spacial score (nSPS) is 15.9. The van der Waals surface area contributed by atoms with Gasteiger partial charge in [0.05, 0.1) is 24.2 Å². The Morgan fingerprint density at radius 1 is 1.08 bits per heavy atom. The molecular weight excluding hydrogens is 452 g/mol. The minimum atomic E-state index is -0.633. The van der Waals surface area contributed by atoms with Gasteiger partial charge >= 0.3 is 0 Å². The number of amides is 1. The number of methoxy groups -OCH3 is 1. The van der Waals surface area contributed by atoms with Gasteiger partial charge in [0.1, 0.15) is 5.75 Å². The van der Waals surface area contributed by atoms with Crippen molar-refractivity contribution in [1.82, 2.24) is 20.2 Å². The van der Waals surface area contributed by atoms with E-state index in [1.807, 2.05) is 60.7 Å². The third kappa shape index (κ3) is 5.37. The Balaban J connectivity index is 1.15. The highest BCUT2D eigenvalue weighted by Crippen LogP contribution is 2.28. The smallest absolute Gasteiger partial charge is 0.244 e. The van der Waals surface area contributed by atoms with Crippen LogP contribution in [0, 0.1) is 0 Å². The van der Waals surface area contributed by atoms with Gasteiger partial charge in [0.2, 0.25) is 5.91 Å². The number of fused-ring (bicyclic) bond motifs is 2. The summed E-state index contributed by atoms with van der Waals surface area (Å²) in [6.45, 7) is 2.16. The zero-order valence-electron chi connectivity index (χ0n) is 20.3. The molecule has 0 bridgehead atoms. The Labute approximate surface area is 210 Å². The van der Waals surface area contributed by atoms with Crippen molar-refractivity contribution in [3.8, 4) is 5.75 Å². The molecule has 2 aromatic carbocycles. The van der Waals surface area contributed by atoms with E-state index in [1.54, 1.807) is 25.6 Å². The van der Waals surface area contributed by atoms with Crippen LogP contribution in [0.15, 0.2) is 73.1 Å². The van der Waals surface area contributed by atoms with E-state index in [2.05, 4.69) is 20.2 Å². The highest BCUT2D eigenvalue weighted by Gasteiger charge is 2.23. The molecule has 0 saturated carbocycles. The van der Waals surface area contributed by atoms with Crippen molar-refractivity contribution in [2.24, 2.45) is 0 Å². The number of hydrogen-bond acceptors (Lipinski definition) is 6.